The van der Waals surface area contributed by atoms with Crippen molar-refractivity contribution in [3.05, 3.63) is 0 Å². The Kier molecular flexibility index (Phi) is 2.30. The zero-order valence-corrected chi connectivity index (χ0v) is 5.66. The van der Waals surface area contributed by atoms with E-state index in [1.807, 2.05) is 13.8 Å². The lowest BCUT2D eigenvalue weighted by Gasteiger charge is -2.04. The summed E-state index contributed by atoms with van der Waals surface area (Å²) in [6.07, 6.45) is 1.70. The molecule has 0 aliphatic heterocycles. The number of aliphatic imine (C=N–C) groups is 1. The lowest BCUT2D eigenvalue weighted by Crippen LogP contribution is -2.10. The van der Waals surface area contributed by atoms with E-state index in [4.69, 9.17) is 11.6 Å². The fraction of sp³-hybridized carbons (Fsp3) is 0.800. The van der Waals surface area contributed by atoms with Crippen LogP contribution in [0, 0.1) is 0 Å². The first-order valence-corrected chi connectivity index (χ1v) is 2.56. The molecule has 0 radical (unpaired) electrons. The molecule has 7 heavy (non-hydrogen) atoms. The first-order chi connectivity index (χ1) is 3.06. The van der Waals surface area contributed by atoms with Gasteiger partial charge in [0.2, 0.25) is 0 Å². The second kappa shape index (κ2) is 2.31. The molecular weight excluding hydrogens is 110 g/mol. The molecular formula is C5H10ClN. The van der Waals surface area contributed by atoms with Gasteiger partial charge in [-0.15, -0.1) is 11.6 Å². The standard InChI is InChI=1S/C5H10ClN/c1-5(2,6)4-7-3/h4H,1-3H3/b7-4-. The molecule has 0 aliphatic carbocycles. The van der Waals surface area contributed by atoms with Crippen molar-refractivity contribution in [2.45, 2.75) is 18.7 Å². The average Bonchev–Trinajstić information content (AvgIpc) is 1.30. The van der Waals surface area contributed by atoms with E-state index in [9.17, 15) is 0 Å². The van der Waals surface area contributed by atoms with Crippen LogP contribution in [-0.4, -0.2) is 18.1 Å². The van der Waals surface area contributed by atoms with Gasteiger partial charge >= 0.3 is 0 Å². The molecule has 42 valence electrons. The fourth-order valence-corrected chi connectivity index (χ4v) is 0.405. The van der Waals surface area contributed by atoms with E-state index in [-0.39, 0.29) is 4.87 Å². The Morgan fingerprint density at radius 2 is 2.00 bits per heavy atom. The van der Waals surface area contributed by atoms with Gasteiger partial charge in [-0.1, -0.05) is 0 Å². The van der Waals surface area contributed by atoms with E-state index in [1.54, 1.807) is 13.3 Å². The Hall–Kier alpha value is -0.0400. The topological polar surface area (TPSA) is 12.4 Å². The monoisotopic (exact) mass is 119 g/mol. The van der Waals surface area contributed by atoms with Gasteiger partial charge in [0.15, 0.2) is 0 Å². The lowest BCUT2D eigenvalue weighted by molar-refractivity contribution is 0.953. The summed E-state index contributed by atoms with van der Waals surface area (Å²) in [5, 5.41) is 0. The molecule has 0 saturated carbocycles. The number of hydrogen-bond acceptors (Lipinski definition) is 1. The van der Waals surface area contributed by atoms with Gasteiger partial charge in [-0.05, 0) is 13.8 Å². The van der Waals surface area contributed by atoms with E-state index >= 15 is 0 Å². The van der Waals surface area contributed by atoms with Gasteiger partial charge < -0.3 is 0 Å². The maximum absolute atomic E-state index is 5.68. The minimum atomic E-state index is -0.269. The fourth-order valence-electron chi connectivity index (χ4n) is 0.307. The smallest absolute Gasteiger partial charge is 0.0736 e. The predicted octanol–water partition coefficient (Wildman–Crippen LogP) is 1.70. The van der Waals surface area contributed by atoms with Crippen molar-refractivity contribution < 1.29 is 0 Å². The van der Waals surface area contributed by atoms with Gasteiger partial charge in [-0.2, -0.15) is 0 Å². The molecule has 0 aromatic heterocycles. The summed E-state index contributed by atoms with van der Waals surface area (Å²) >= 11 is 5.68. The van der Waals surface area contributed by atoms with Crippen molar-refractivity contribution in [2.75, 3.05) is 7.05 Å². The van der Waals surface area contributed by atoms with Crippen LogP contribution in [0.25, 0.3) is 0 Å². The van der Waals surface area contributed by atoms with Crippen molar-refractivity contribution in [2.24, 2.45) is 4.99 Å². The van der Waals surface area contributed by atoms with Crippen LogP contribution < -0.4 is 0 Å². The summed E-state index contributed by atoms with van der Waals surface area (Å²) in [5.74, 6) is 0. The van der Waals surface area contributed by atoms with Crippen LogP contribution in [0.15, 0.2) is 4.99 Å². The second-order valence-electron chi connectivity index (χ2n) is 1.95. The van der Waals surface area contributed by atoms with E-state index in [0.717, 1.165) is 0 Å². The molecule has 0 saturated heterocycles. The van der Waals surface area contributed by atoms with Crippen LogP contribution in [0.5, 0.6) is 0 Å². The molecule has 0 aromatic carbocycles. The summed E-state index contributed by atoms with van der Waals surface area (Å²) in [6, 6.07) is 0. The van der Waals surface area contributed by atoms with Crippen molar-refractivity contribution in [3.8, 4) is 0 Å². The zero-order valence-electron chi connectivity index (χ0n) is 4.90. The number of halogens is 1. The molecule has 0 amide bonds. The van der Waals surface area contributed by atoms with Crippen LogP contribution in [0.2, 0.25) is 0 Å². The van der Waals surface area contributed by atoms with Crippen molar-refractivity contribution in [1.82, 2.24) is 0 Å². The minimum absolute atomic E-state index is 0.269. The predicted molar refractivity (Wildman–Crippen MR) is 34.3 cm³/mol. The van der Waals surface area contributed by atoms with Crippen molar-refractivity contribution >= 4 is 17.8 Å². The van der Waals surface area contributed by atoms with Crippen LogP contribution in [0.1, 0.15) is 13.8 Å². The molecule has 0 fully saturated rings. The molecule has 0 aliphatic rings. The van der Waals surface area contributed by atoms with Crippen LogP contribution in [0.3, 0.4) is 0 Å². The summed E-state index contributed by atoms with van der Waals surface area (Å²) in [6.45, 7) is 3.78. The average molecular weight is 120 g/mol. The van der Waals surface area contributed by atoms with E-state index in [0.29, 0.717) is 0 Å². The Morgan fingerprint density at radius 3 is 2.00 bits per heavy atom. The first-order valence-electron chi connectivity index (χ1n) is 2.18. The maximum atomic E-state index is 5.68. The molecule has 0 rings (SSSR count). The molecule has 0 heterocycles. The Labute approximate surface area is 49.4 Å². The normalized spacial score (nSPS) is 13.1. The number of rotatable bonds is 1. The molecule has 2 heteroatoms. The molecule has 0 bridgehead atoms. The number of nitrogens with zero attached hydrogens (tertiary/aromatic N) is 1. The third kappa shape index (κ3) is 5.96. The van der Waals surface area contributed by atoms with Crippen LogP contribution in [-0.2, 0) is 0 Å². The SMILES string of the molecule is C/N=C\C(C)(C)Cl. The third-order valence-electron chi connectivity index (χ3n) is 0.436. The van der Waals surface area contributed by atoms with E-state index in [2.05, 4.69) is 4.99 Å². The van der Waals surface area contributed by atoms with Gasteiger partial charge in [0.05, 0.1) is 4.87 Å². The summed E-state index contributed by atoms with van der Waals surface area (Å²) in [7, 11) is 1.71. The Bertz CT molecular complexity index is 70.6. The molecule has 0 N–H and O–H groups in total. The van der Waals surface area contributed by atoms with Crippen molar-refractivity contribution in [3.63, 3.8) is 0 Å². The molecule has 0 spiro atoms. The summed E-state index contributed by atoms with van der Waals surface area (Å²) in [4.78, 5) is 3.48. The quantitative estimate of drug-likeness (QED) is 0.368. The molecule has 1 nitrogen and oxygen atoms in total. The molecule has 0 unspecified atom stereocenters. The third-order valence-corrected chi connectivity index (χ3v) is 0.534. The van der Waals surface area contributed by atoms with E-state index in [1.165, 1.54) is 0 Å². The van der Waals surface area contributed by atoms with Crippen LogP contribution in [0.4, 0.5) is 0 Å². The van der Waals surface area contributed by atoms with Gasteiger partial charge in [0.25, 0.3) is 0 Å². The highest BCUT2D eigenvalue weighted by molar-refractivity contribution is 6.31. The highest BCUT2D eigenvalue weighted by atomic mass is 35.5. The minimum Gasteiger partial charge on any atom is -0.299 e. The molecule has 0 atom stereocenters. The highest BCUT2D eigenvalue weighted by Gasteiger charge is 2.06. The summed E-state index contributed by atoms with van der Waals surface area (Å²) in [5.41, 5.74) is 0. The first kappa shape index (κ1) is 6.96. The summed E-state index contributed by atoms with van der Waals surface area (Å²) < 4.78 is 0. The lowest BCUT2D eigenvalue weighted by atomic mass is 10.2. The zero-order chi connectivity index (χ0) is 5.91. The Morgan fingerprint density at radius 1 is 1.57 bits per heavy atom. The van der Waals surface area contributed by atoms with Gasteiger partial charge in [-0.25, -0.2) is 0 Å². The largest absolute Gasteiger partial charge is 0.299 e. The van der Waals surface area contributed by atoms with E-state index < -0.39 is 0 Å². The maximum Gasteiger partial charge on any atom is 0.0736 e. The van der Waals surface area contributed by atoms with Gasteiger partial charge in [0.1, 0.15) is 0 Å². The number of hydrogen-bond donors (Lipinski definition) is 0. The second-order valence-corrected chi connectivity index (χ2v) is 2.93. The molecule has 0 aromatic rings. The Balaban J connectivity index is 3.56. The highest BCUT2D eigenvalue weighted by Crippen LogP contribution is 2.07. The number of alkyl halides is 1. The van der Waals surface area contributed by atoms with Crippen molar-refractivity contribution in [1.29, 1.82) is 0 Å². The van der Waals surface area contributed by atoms with Gasteiger partial charge in [-0.3, -0.25) is 4.99 Å². The van der Waals surface area contributed by atoms with Crippen LogP contribution >= 0.6 is 11.6 Å². The van der Waals surface area contributed by atoms with Gasteiger partial charge in [0, 0.05) is 13.3 Å².